The normalized spacial score (nSPS) is 18.8. The molecule has 0 radical (unpaired) electrons. The summed E-state index contributed by atoms with van der Waals surface area (Å²) in [6.07, 6.45) is 2.16. The molecule has 0 spiro atoms. The zero-order valence-corrected chi connectivity index (χ0v) is 19.4. The Kier molecular flexibility index (Phi) is 5.59. The maximum atomic E-state index is 13.1. The van der Waals surface area contributed by atoms with Crippen LogP contribution in [-0.2, 0) is 0 Å². The Morgan fingerprint density at radius 1 is 1.03 bits per heavy atom. The van der Waals surface area contributed by atoms with E-state index < -0.39 is 0 Å². The van der Waals surface area contributed by atoms with Crippen LogP contribution >= 0.6 is 0 Å². The van der Waals surface area contributed by atoms with E-state index in [1.807, 2.05) is 48.5 Å². The van der Waals surface area contributed by atoms with Crippen molar-refractivity contribution in [1.29, 1.82) is 0 Å². The second-order valence-electron chi connectivity index (χ2n) is 8.56. The molecule has 0 saturated carbocycles. The number of benzene rings is 2. The number of anilines is 2. The molecule has 34 heavy (non-hydrogen) atoms. The van der Waals surface area contributed by atoms with Crippen LogP contribution in [0.15, 0.2) is 70.2 Å². The van der Waals surface area contributed by atoms with E-state index in [4.69, 9.17) is 15.2 Å². The third-order valence-corrected chi connectivity index (χ3v) is 6.28. The van der Waals surface area contributed by atoms with Crippen molar-refractivity contribution in [2.45, 2.75) is 5.92 Å². The predicted octanol–water partition coefficient (Wildman–Crippen LogP) is 3.21. The van der Waals surface area contributed by atoms with Crippen molar-refractivity contribution in [1.82, 2.24) is 14.9 Å². The molecule has 0 saturated heterocycles. The smallest absolute Gasteiger partial charge is 0.258 e. The van der Waals surface area contributed by atoms with Crippen LogP contribution in [0.5, 0.6) is 11.5 Å². The Labute approximate surface area is 197 Å². The molecule has 5 rings (SSSR count). The van der Waals surface area contributed by atoms with Crippen LogP contribution in [0.2, 0.25) is 0 Å². The first-order valence-electron chi connectivity index (χ1n) is 11.0. The molecular formula is C26H27N5O3. The average Bonchev–Trinajstić information content (AvgIpc) is 2.83. The summed E-state index contributed by atoms with van der Waals surface area (Å²) in [6.45, 7) is 1.46. The topological polar surface area (TPSA) is 105 Å². The van der Waals surface area contributed by atoms with Gasteiger partial charge in [-0.25, -0.2) is 0 Å². The summed E-state index contributed by atoms with van der Waals surface area (Å²) in [7, 11) is 5.38. The van der Waals surface area contributed by atoms with Crippen molar-refractivity contribution in [2.24, 2.45) is 0 Å². The summed E-state index contributed by atoms with van der Waals surface area (Å²) >= 11 is 0. The second-order valence-corrected chi connectivity index (χ2v) is 8.56. The molecule has 174 valence electrons. The minimum atomic E-state index is -0.268. The highest BCUT2D eigenvalue weighted by Gasteiger charge is 2.36. The van der Waals surface area contributed by atoms with E-state index in [0.717, 1.165) is 46.0 Å². The molecule has 3 heterocycles. The van der Waals surface area contributed by atoms with E-state index >= 15 is 0 Å². The number of H-pyrrole nitrogens is 1. The number of nitrogen functional groups attached to an aromatic ring is 1. The lowest BCUT2D eigenvalue weighted by Crippen LogP contribution is -2.38. The number of ether oxygens (including phenoxy) is 2. The molecule has 0 fully saturated rings. The van der Waals surface area contributed by atoms with Crippen molar-refractivity contribution in [3.05, 3.63) is 92.4 Å². The largest absolute Gasteiger partial charge is 0.497 e. The first-order valence-corrected chi connectivity index (χ1v) is 11.0. The van der Waals surface area contributed by atoms with Crippen LogP contribution in [0.4, 0.5) is 11.8 Å². The Balaban J connectivity index is 1.69. The first kappa shape index (κ1) is 21.8. The fraction of sp³-hybridized carbons (Fsp3) is 0.231. The van der Waals surface area contributed by atoms with Gasteiger partial charge in [-0.05, 0) is 59.7 Å². The van der Waals surface area contributed by atoms with E-state index in [9.17, 15) is 4.79 Å². The molecule has 0 aliphatic carbocycles. The number of nitrogens with two attached hydrogens (primary N) is 1. The van der Waals surface area contributed by atoms with Crippen molar-refractivity contribution < 1.29 is 9.47 Å². The number of nitrogens with zero attached hydrogens (tertiary/aromatic N) is 2. The average molecular weight is 458 g/mol. The third-order valence-electron chi connectivity index (χ3n) is 6.28. The fourth-order valence-corrected chi connectivity index (χ4v) is 4.74. The molecule has 2 aliphatic heterocycles. The van der Waals surface area contributed by atoms with Crippen molar-refractivity contribution in [2.75, 3.05) is 45.4 Å². The number of aromatic nitrogens is 2. The van der Waals surface area contributed by atoms with Crippen LogP contribution in [0.25, 0.3) is 6.08 Å². The molecule has 2 aliphatic rings. The first-order chi connectivity index (χ1) is 16.5. The summed E-state index contributed by atoms with van der Waals surface area (Å²) < 4.78 is 10.6. The van der Waals surface area contributed by atoms with Crippen molar-refractivity contribution >= 4 is 17.8 Å². The van der Waals surface area contributed by atoms with Gasteiger partial charge in [-0.1, -0.05) is 24.3 Å². The van der Waals surface area contributed by atoms with Gasteiger partial charge in [0.25, 0.3) is 5.56 Å². The summed E-state index contributed by atoms with van der Waals surface area (Å²) in [5.41, 5.74) is 11.5. The van der Waals surface area contributed by atoms with Gasteiger partial charge < -0.3 is 20.5 Å². The number of hydrogen-bond donors (Lipinski definition) is 3. The lowest BCUT2D eigenvalue weighted by molar-refractivity contribution is 0.375. The van der Waals surface area contributed by atoms with Gasteiger partial charge in [-0.15, -0.1) is 0 Å². The highest BCUT2D eigenvalue weighted by atomic mass is 16.5. The lowest BCUT2D eigenvalue weighted by atomic mass is 9.79. The monoisotopic (exact) mass is 457 g/mol. The molecule has 8 nitrogen and oxygen atoms in total. The van der Waals surface area contributed by atoms with Gasteiger partial charge in [-0.3, -0.25) is 14.7 Å². The zero-order chi connectivity index (χ0) is 23.8. The summed E-state index contributed by atoms with van der Waals surface area (Å²) in [5.74, 6) is 1.88. The Morgan fingerprint density at radius 2 is 1.68 bits per heavy atom. The molecule has 1 atom stereocenters. The summed E-state index contributed by atoms with van der Waals surface area (Å²) in [6, 6.07) is 15.8. The van der Waals surface area contributed by atoms with E-state index in [1.54, 1.807) is 14.2 Å². The fourth-order valence-electron chi connectivity index (χ4n) is 4.74. The lowest BCUT2D eigenvalue weighted by Gasteiger charge is -2.38. The Hall–Kier alpha value is -4.04. The Bertz CT molecular complexity index is 1340. The van der Waals surface area contributed by atoms with Gasteiger partial charge >= 0.3 is 0 Å². The number of rotatable bonds is 4. The molecule has 4 N–H and O–H groups in total. The number of hydrogen-bond acceptors (Lipinski definition) is 7. The molecule has 2 aromatic carbocycles. The van der Waals surface area contributed by atoms with Gasteiger partial charge in [-0.2, -0.15) is 4.98 Å². The third kappa shape index (κ3) is 3.92. The number of nitrogens with one attached hydrogen (secondary N) is 2. The molecule has 0 amide bonds. The Morgan fingerprint density at radius 3 is 2.32 bits per heavy atom. The zero-order valence-electron chi connectivity index (χ0n) is 19.4. The summed E-state index contributed by atoms with van der Waals surface area (Å²) in [5, 5.41) is 3.44. The molecular weight excluding hydrogens is 430 g/mol. The molecule has 1 aromatic heterocycles. The van der Waals surface area contributed by atoms with Gasteiger partial charge in [0.15, 0.2) is 0 Å². The van der Waals surface area contributed by atoms with Crippen molar-refractivity contribution in [3.8, 4) is 11.5 Å². The summed E-state index contributed by atoms with van der Waals surface area (Å²) in [4.78, 5) is 22.4. The minimum absolute atomic E-state index is 0.0855. The quantitative estimate of drug-likeness (QED) is 0.552. The number of likely N-dealkylation sites (N-methyl/N-ethyl adjacent to an activating group) is 1. The maximum Gasteiger partial charge on any atom is 0.258 e. The van der Waals surface area contributed by atoms with Crippen LogP contribution < -0.4 is 26.1 Å². The number of methoxy groups -OCH3 is 2. The van der Waals surface area contributed by atoms with Gasteiger partial charge in [0.05, 0.1) is 19.8 Å². The highest BCUT2D eigenvalue weighted by molar-refractivity contribution is 5.72. The van der Waals surface area contributed by atoms with Crippen LogP contribution in [0.1, 0.15) is 22.6 Å². The van der Waals surface area contributed by atoms with E-state index in [2.05, 4.69) is 33.3 Å². The maximum absolute atomic E-state index is 13.1. The predicted molar refractivity (Wildman–Crippen MR) is 133 cm³/mol. The van der Waals surface area contributed by atoms with Crippen LogP contribution in [-0.4, -0.2) is 49.2 Å². The van der Waals surface area contributed by atoms with Crippen LogP contribution in [0, 0.1) is 0 Å². The van der Waals surface area contributed by atoms with Gasteiger partial charge in [0, 0.05) is 24.7 Å². The van der Waals surface area contributed by atoms with Crippen molar-refractivity contribution in [3.63, 3.8) is 0 Å². The molecule has 8 heteroatoms. The SMILES string of the molecule is COc1ccc(/C=C2\CN(C)CC3=C2Nc2nc(N)[nH]c(=O)c2C3c2ccc(OC)cc2)cc1. The van der Waals surface area contributed by atoms with Gasteiger partial charge in [0.2, 0.25) is 5.95 Å². The standard InChI is InChI=1S/C26H27N5O3/c1-31-13-17(12-15-4-8-18(33-2)9-5-15)23-20(14-31)21(16-6-10-19(34-3)11-7-16)22-24(28-23)29-26(27)30-25(22)32/h4-12,21H,13-14H2,1-3H3,(H4,27,28,29,30,32)/b17-12+. The molecule has 3 aromatic rings. The van der Waals surface area contributed by atoms with Crippen LogP contribution in [0.3, 0.4) is 0 Å². The molecule has 0 bridgehead atoms. The van der Waals surface area contributed by atoms with E-state index in [0.29, 0.717) is 17.9 Å². The number of aromatic amines is 1. The number of fused-ring (bicyclic) bond motifs is 1. The van der Waals surface area contributed by atoms with E-state index in [1.165, 1.54) is 0 Å². The van der Waals surface area contributed by atoms with E-state index in [-0.39, 0.29) is 17.4 Å². The van der Waals surface area contributed by atoms with Gasteiger partial charge in [0.1, 0.15) is 17.3 Å². The highest BCUT2D eigenvalue weighted by Crippen LogP contribution is 2.43. The molecule has 1 unspecified atom stereocenters. The second kappa shape index (κ2) is 8.72. The minimum Gasteiger partial charge on any atom is -0.497 e.